The minimum atomic E-state index is -2.53. The van der Waals surface area contributed by atoms with E-state index in [1.54, 1.807) is 12.1 Å². The van der Waals surface area contributed by atoms with Crippen LogP contribution < -0.4 is 10.5 Å². The van der Waals surface area contributed by atoms with Gasteiger partial charge in [-0.3, -0.25) is 0 Å². The van der Waals surface area contributed by atoms with Crippen molar-refractivity contribution in [2.24, 2.45) is 10.7 Å². The molecule has 0 amide bonds. The molecule has 0 radical (unpaired) electrons. The summed E-state index contributed by atoms with van der Waals surface area (Å²) in [6.45, 7) is 1.43. The van der Waals surface area contributed by atoms with Gasteiger partial charge in [-0.2, -0.15) is 0 Å². The summed E-state index contributed by atoms with van der Waals surface area (Å²) in [5, 5.41) is 0. The van der Waals surface area contributed by atoms with Crippen LogP contribution in [0.15, 0.2) is 23.3 Å². The average molecular weight is 298 g/mol. The molecule has 1 aromatic rings. The van der Waals surface area contributed by atoms with E-state index in [0.29, 0.717) is 11.5 Å². The molecule has 7 heteroatoms. The van der Waals surface area contributed by atoms with Crippen molar-refractivity contribution in [3.63, 3.8) is 0 Å². The molecule has 1 fully saturated rings. The summed E-state index contributed by atoms with van der Waals surface area (Å²) >= 11 is 0. The number of halogens is 2. The van der Waals surface area contributed by atoms with Crippen molar-refractivity contribution in [2.75, 3.05) is 19.7 Å². The van der Waals surface area contributed by atoms with Gasteiger partial charge in [-0.25, -0.2) is 18.8 Å². The van der Waals surface area contributed by atoms with Crippen LogP contribution in [0.25, 0.3) is 0 Å². The lowest BCUT2D eigenvalue weighted by Gasteiger charge is -2.27. The van der Waals surface area contributed by atoms with Gasteiger partial charge in [0.25, 0.3) is 6.43 Å². The molecule has 1 aromatic heterocycles. The SMILES string of the molecule is NC(=NCc1cccnc1OCC(F)F)N1CCCCC1. The Labute approximate surface area is 122 Å². The molecule has 0 bridgehead atoms. The Bertz CT molecular complexity index is 476. The van der Waals surface area contributed by atoms with Crippen molar-refractivity contribution in [1.29, 1.82) is 0 Å². The van der Waals surface area contributed by atoms with E-state index in [1.807, 2.05) is 4.90 Å². The predicted octanol–water partition coefficient (Wildman–Crippen LogP) is 2.03. The number of likely N-dealkylation sites (tertiary alicyclic amines) is 1. The van der Waals surface area contributed by atoms with E-state index in [1.165, 1.54) is 12.6 Å². The highest BCUT2D eigenvalue weighted by molar-refractivity contribution is 5.78. The first-order valence-corrected chi connectivity index (χ1v) is 7.06. The fourth-order valence-electron chi connectivity index (χ4n) is 2.21. The molecule has 0 saturated carbocycles. The van der Waals surface area contributed by atoms with E-state index in [2.05, 4.69) is 9.98 Å². The van der Waals surface area contributed by atoms with Gasteiger partial charge in [-0.05, 0) is 25.3 Å². The molecule has 2 rings (SSSR count). The normalized spacial score (nSPS) is 16.3. The molecular formula is C14H20F2N4O. The maximum absolute atomic E-state index is 12.2. The van der Waals surface area contributed by atoms with Crippen molar-refractivity contribution in [2.45, 2.75) is 32.2 Å². The van der Waals surface area contributed by atoms with E-state index >= 15 is 0 Å². The fourth-order valence-corrected chi connectivity index (χ4v) is 2.21. The summed E-state index contributed by atoms with van der Waals surface area (Å²) in [6.07, 6.45) is 2.43. The molecule has 2 heterocycles. The zero-order valence-corrected chi connectivity index (χ0v) is 11.8. The molecule has 1 aliphatic rings. The van der Waals surface area contributed by atoms with Crippen molar-refractivity contribution in [1.82, 2.24) is 9.88 Å². The van der Waals surface area contributed by atoms with E-state index in [4.69, 9.17) is 10.5 Å². The van der Waals surface area contributed by atoms with Crippen molar-refractivity contribution < 1.29 is 13.5 Å². The summed E-state index contributed by atoms with van der Waals surface area (Å²) in [7, 11) is 0. The number of hydrogen-bond acceptors (Lipinski definition) is 3. The Morgan fingerprint density at radius 1 is 1.38 bits per heavy atom. The lowest BCUT2D eigenvalue weighted by molar-refractivity contribution is 0.0791. The van der Waals surface area contributed by atoms with Crippen molar-refractivity contribution in [3.8, 4) is 5.88 Å². The highest BCUT2D eigenvalue weighted by atomic mass is 19.3. The molecule has 0 spiro atoms. The zero-order chi connectivity index (χ0) is 15.1. The number of rotatable bonds is 5. The average Bonchev–Trinajstić information content (AvgIpc) is 2.52. The Morgan fingerprint density at radius 3 is 2.86 bits per heavy atom. The number of hydrogen-bond donors (Lipinski definition) is 1. The van der Waals surface area contributed by atoms with Crippen LogP contribution in [0.2, 0.25) is 0 Å². The van der Waals surface area contributed by atoms with Crippen LogP contribution in [0.3, 0.4) is 0 Å². The number of nitrogens with two attached hydrogens (primary N) is 1. The van der Waals surface area contributed by atoms with Gasteiger partial charge in [0.15, 0.2) is 12.6 Å². The Hall–Kier alpha value is -1.92. The number of piperidine rings is 1. The molecule has 2 N–H and O–H groups in total. The largest absolute Gasteiger partial charge is 0.471 e. The zero-order valence-electron chi connectivity index (χ0n) is 11.8. The standard InChI is InChI=1S/C14H20F2N4O/c15-12(16)10-21-13-11(5-4-6-18-13)9-19-14(17)20-7-2-1-3-8-20/h4-6,12H,1-3,7-10H2,(H2,17,19). The van der Waals surface area contributed by atoms with Crippen molar-refractivity contribution >= 4 is 5.96 Å². The molecule has 116 valence electrons. The summed E-state index contributed by atoms with van der Waals surface area (Å²) in [6, 6.07) is 3.47. The van der Waals surface area contributed by atoms with Crippen LogP contribution in [0.4, 0.5) is 8.78 Å². The summed E-state index contributed by atoms with van der Waals surface area (Å²) in [5.74, 6) is 0.673. The van der Waals surface area contributed by atoms with E-state index < -0.39 is 13.0 Å². The predicted molar refractivity (Wildman–Crippen MR) is 76.5 cm³/mol. The van der Waals surface area contributed by atoms with Crippen LogP contribution in [-0.4, -0.2) is 42.0 Å². The fraction of sp³-hybridized carbons (Fsp3) is 0.571. The Morgan fingerprint density at radius 2 is 2.14 bits per heavy atom. The highest BCUT2D eigenvalue weighted by Crippen LogP contribution is 2.16. The van der Waals surface area contributed by atoms with Crippen molar-refractivity contribution in [3.05, 3.63) is 23.9 Å². The molecule has 21 heavy (non-hydrogen) atoms. The molecule has 0 aromatic carbocycles. The Balaban J connectivity index is 1.98. The number of pyridine rings is 1. The smallest absolute Gasteiger partial charge is 0.272 e. The molecule has 5 nitrogen and oxygen atoms in total. The van der Waals surface area contributed by atoms with E-state index in [-0.39, 0.29) is 12.4 Å². The summed E-state index contributed by atoms with van der Waals surface area (Å²) in [4.78, 5) is 10.3. The second kappa shape index (κ2) is 7.75. The molecule has 1 saturated heterocycles. The number of ether oxygens (including phenoxy) is 1. The number of alkyl halides is 2. The third-order valence-electron chi connectivity index (χ3n) is 3.29. The number of aromatic nitrogens is 1. The summed E-state index contributed by atoms with van der Waals surface area (Å²) < 4.78 is 29.4. The maximum Gasteiger partial charge on any atom is 0.272 e. The molecular weight excluding hydrogens is 278 g/mol. The second-order valence-electron chi connectivity index (χ2n) is 4.89. The van der Waals surface area contributed by atoms with Crippen LogP contribution in [0.1, 0.15) is 24.8 Å². The van der Waals surface area contributed by atoms with Crippen LogP contribution in [0.5, 0.6) is 5.88 Å². The molecule has 0 atom stereocenters. The third-order valence-corrected chi connectivity index (χ3v) is 3.29. The molecule has 0 unspecified atom stereocenters. The number of nitrogens with zero attached hydrogens (tertiary/aromatic N) is 3. The van der Waals surface area contributed by atoms with Gasteiger partial charge in [-0.1, -0.05) is 6.07 Å². The van der Waals surface area contributed by atoms with Crippen LogP contribution >= 0.6 is 0 Å². The molecule has 1 aliphatic heterocycles. The first-order valence-electron chi connectivity index (χ1n) is 7.06. The second-order valence-corrected chi connectivity index (χ2v) is 4.89. The first-order chi connectivity index (χ1) is 10.2. The van der Waals surface area contributed by atoms with Gasteiger partial charge in [0.05, 0.1) is 6.54 Å². The number of guanidine groups is 1. The van der Waals surface area contributed by atoms with Crippen LogP contribution in [0, 0.1) is 0 Å². The van der Waals surface area contributed by atoms with Crippen LogP contribution in [-0.2, 0) is 6.54 Å². The van der Waals surface area contributed by atoms with Gasteiger partial charge >= 0.3 is 0 Å². The Kier molecular flexibility index (Phi) is 5.71. The topological polar surface area (TPSA) is 63.7 Å². The van der Waals surface area contributed by atoms with Gasteiger partial charge < -0.3 is 15.4 Å². The van der Waals surface area contributed by atoms with E-state index in [9.17, 15) is 8.78 Å². The van der Waals surface area contributed by atoms with Gasteiger partial charge in [0.2, 0.25) is 5.88 Å². The van der Waals surface area contributed by atoms with E-state index in [0.717, 1.165) is 25.9 Å². The minimum Gasteiger partial charge on any atom is -0.471 e. The molecule has 0 aliphatic carbocycles. The monoisotopic (exact) mass is 298 g/mol. The third kappa shape index (κ3) is 4.84. The lowest BCUT2D eigenvalue weighted by Crippen LogP contribution is -2.40. The maximum atomic E-state index is 12.2. The van der Waals surface area contributed by atoms with Gasteiger partial charge in [0, 0.05) is 24.8 Å². The highest BCUT2D eigenvalue weighted by Gasteiger charge is 2.13. The lowest BCUT2D eigenvalue weighted by atomic mass is 10.1. The van der Waals surface area contributed by atoms with Gasteiger partial charge in [0.1, 0.15) is 0 Å². The number of aliphatic imine (C=N–C) groups is 1. The van der Waals surface area contributed by atoms with Gasteiger partial charge in [-0.15, -0.1) is 0 Å². The quantitative estimate of drug-likeness (QED) is 0.667. The first kappa shape index (κ1) is 15.5. The summed E-state index contributed by atoms with van der Waals surface area (Å²) in [5.41, 5.74) is 6.61. The minimum absolute atomic E-state index is 0.188.